The van der Waals surface area contributed by atoms with Gasteiger partial charge in [-0.05, 0) is 154 Å². The highest BCUT2D eigenvalue weighted by molar-refractivity contribution is 7.15. The number of H-pyrrole nitrogens is 1. The molecule has 0 saturated carbocycles. The average molecular weight is 1120 g/mol. The number of hydrogen-bond donors (Lipinski definition) is 1. The van der Waals surface area contributed by atoms with Gasteiger partial charge in [0.1, 0.15) is 0 Å². The molecule has 8 heterocycles. The van der Waals surface area contributed by atoms with Crippen LogP contribution in [0.2, 0.25) is 0 Å². The van der Waals surface area contributed by atoms with Crippen molar-refractivity contribution in [3.63, 3.8) is 0 Å². The highest BCUT2D eigenvalue weighted by Gasteiger charge is 2.55. The number of rotatable bonds is 7. The van der Waals surface area contributed by atoms with E-state index in [0.717, 1.165) is 92.9 Å². The van der Waals surface area contributed by atoms with E-state index in [9.17, 15) is 0 Å². The second-order valence-corrected chi connectivity index (χ2v) is 24.7. The van der Waals surface area contributed by atoms with Gasteiger partial charge in [-0.3, -0.25) is 0 Å². The first kappa shape index (κ1) is 52.0. The van der Waals surface area contributed by atoms with Crippen LogP contribution < -0.4 is 10.7 Å². The smallest absolute Gasteiger partial charge is 0.414 e. The first-order chi connectivity index (χ1) is 40.2. The number of aryl methyl sites for hydroxylation is 6. The van der Waals surface area contributed by atoms with Gasteiger partial charge in [0, 0.05) is 63.7 Å². The Hall–Kier alpha value is -9.09. The van der Waals surface area contributed by atoms with Crippen LogP contribution in [0, 0.1) is 41.5 Å². The number of aromatic amines is 1. The Kier molecular flexibility index (Phi) is 12.6. The molecule has 6 aromatic carbocycles. The largest absolute Gasteiger partial charge is 0.642 e. The van der Waals surface area contributed by atoms with E-state index in [0.29, 0.717) is 50.5 Å². The molecule has 5 nitrogen and oxygen atoms in total. The van der Waals surface area contributed by atoms with Crippen molar-refractivity contribution in [2.24, 2.45) is 9.98 Å². The van der Waals surface area contributed by atoms with Crippen LogP contribution in [0.15, 0.2) is 216 Å². The average Bonchev–Trinajstić information content (AvgIpc) is 2.22. The van der Waals surface area contributed by atoms with E-state index in [1.54, 1.807) is 22.7 Å². The number of fused-ring (bicyclic) bond motifs is 9. The maximum Gasteiger partial charge on any atom is 0.642 e. The SMILES string of the molecule is C/C1=C(\C)c2ccc(s2)/C(c2ccc(C)cc2)=c2/cc/c([nH]2)=C(\c2c(-c3ccc(C)cc3)c3n(c2-c2ccc(C)cc2)[B-](F)(F)[N+]2=C(c4ccc(C)cc4)C=C(c4ccc(C)cc4)C2=N3)C2=N/C(=C(/c3ccc(C)cc3)c3ccc1s3)C=C2. The molecule has 14 rings (SSSR count). The van der Waals surface area contributed by atoms with E-state index < -0.39 is 6.97 Å². The molecule has 83 heavy (non-hydrogen) atoms. The van der Waals surface area contributed by atoms with Gasteiger partial charge in [0.2, 0.25) is 5.82 Å². The van der Waals surface area contributed by atoms with E-state index in [-0.39, 0.29) is 11.7 Å². The molecule has 0 atom stereocenters. The lowest BCUT2D eigenvalue weighted by Crippen LogP contribution is -2.53. The zero-order valence-corrected chi connectivity index (χ0v) is 49.1. The molecule has 0 radical (unpaired) electrons. The Balaban J connectivity index is 1.17. The Morgan fingerprint density at radius 3 is 1.39 bits per heavy atom. The van der Waals surface area contributed by atoms with Gasteiger partial charge in [0.15, 0.2) is 0 Å². The zero-order valence-electron chi connectivity index (χ0n) is 47.5. The lowest BCUT2D eigenvalue weighted by Gasteiger charge is -2.32. The number of halogens is 2. The summed E-state index contributed by atoms with van der Waals surface area (Å²) in [5.41, 5.74) is 20.5. The van der Waals surface area contributed by atoms with Gasteiger partial charge in [0.25, 0.3) is 5.84 Å². The number of nitrogens with one attached hydrogen (secondary N) is 1. The Bertz CT molecular complexity index is 4700. The van der Waals surface area contributed by atoms with Crippen LogP contribution in [-0.2, 0) is 0 Å². The van der Waals surface area contributed by atoms with E-state index in [4.69, 9.17) is 9.98 Å². The maximum atomic E-state index is 19.7. The van der Waals surface area contributed by atoms with Gasteiger partial charge < -0.3 is 22.6 Å². The number of benzene rings is 6. The van der Waals surface area contributed by atoms with Crippen LogP contribution >= 0.6 is 22.7 Å². The van der Waals surface area contributed by atoms with E-state index >= 15 is 8.63 Å². The topological polar surface area (TPSA) is 48.4 Å². The number of amidine groups is 1. The molecular formula is C73H58BF2N5S2. The predicted molar refractivity (Wildman–Crippen MR) is 346 cm³/mol. The molecule has 0 aliphatic carbocycles. The molecular weight excluding hydrogens is 1060 g/mol. The first-order valence-electron chi connectivity index (χ1n) is 28.2. The van der Waals surface area contributed by atoms with E-state index in [1.807, 2.05) is 99.6 Å². The molecule has 0 amide bonds. The van der Waals surface area contributed by atoms with Gasteiger partial charge in [-0.1, -0.05) is 179 Å². The van der Waals surface area contributed by atoms with Gasteiger partial charge in [0.05, 0.1) is 28.3 Å². The molecule has 0 saturated heterocycles. The second-order valence-electron chi connectivity index (χ2n) is 22.5. The highest BCUT2D eigenvalue weighted by atomic mass is 32.1. The predicted octanol–water partition coefficient (Wildman–Crippen LogP) is 17.2. The third-order valence-corrected chi connectivity index (χ3v) is 19.2. The monoisotopic (exact) mass is 1120 g/mol. The molecule has 0 unspecified atom stereocenters. The van der Waals surface area contributed by atoms with Gasteiger partial charge in [-0.25, -0.2) is 4.99 Å². The molecule has 10 aromatic rings. The molecule has 4 aliphatic rings. The van der Waals surface area contributed by atoms with Crippen LogP contribution in [0.3, 0.4) is 0 Å². The van der Waals surface area contributed by atoms with Crippen molar-refractivity contribution in [3.8, 4) is 22.4 Å². The number of thiophene rings is 2. The standard InChI is InChI=1S/C73H58BF2N5S2/c1-42-9-21-50(22-10-42)56-41-61(51-23-11-43(2)12-24-51)80-72(56)79-73-68(54-29-17-46(5)18-30-54)70(71(81(73)74(80,75)76)55-31-19-47(6)20-32-55)69-59-35-33-57(77-59)66(52-25-13-44(3)14-26-52)64-39-37-62(82-64)48(7)49(8)63-38-40-65(83-63)67(58-34-36-60(69)78-58)53-27-15-45(4)16-28-53/h9-41,77H,1-8H3/b49-48-,62-48?,63-49?,66-57-,66-64?,67-58-,67-65?,69-59+,69-60?. The van der Waals surface area contributed by atoms with Gasteiger partial charge in [-0.2, -0.15) is 0 Å². The molecule has 4 aromatic heterocycles. The van der Waals surface area contributed by atoms with Crippen molar-refractivity contribution < 1.29 is 13.1 Å². The third-order valence-electron chi connectivity index (χ3n) is 16.7. The molecule has 0 spiro atoms. The summed E-state index contributed by atoms with van der Waals surface area (Å²) in [6.45, 7) is 12.1. The number of nitrogens with zero attached hydrogens (tertiary/aromatic N) is 4. The van der Waals surface area contributed by atoms with Crippen LogP contribution in [0.4, 0.5) is 14.4 Å². The Morgan fingerprint density at radius 1 is 0.422 bits per heavy atom. The van der Waals surface area contributed by atoms with Crippen LogP contribution in [-0.4, -0.2) is 38.2 Å². The summed E-state index contributed by atoms with van der Waals surface area (Å²) in [6, 6.07) is 62.7. The molecule has 4 aliphatic heterocycles. The van der Waals surface area contributed by atoms with Crippen LogP contribution in [0.25, 0.3) is 55.8 Å². The van der Waals surface area contributed by atoms with E-state index in [1.165, 1.54) is 29.9 Å². The fourth-order valence-electron chi connectivity index (χ4n) is 12.0. The van der Waals surface area contributed by atoms with E-state index in [2.05, 4.69) is 161 Å². The summed E-state index contributed by atoms with van der Waals surface area (Å²) in [5, 5.41) is 1.61. The minimum Gasteiger partial charge on any atom is -0.414 e. The lowest BCUT2D eigenvalue weighted by atomic mass is 9.89. The fraction of sp³-hybridized carbons (Fsp3) is 0.110. The number of aliphatic imine (C=N–C) groups is 2. The quantitative estimate of drug-likeness (QED) is 0.155. The van der Waals surface area contributed by atoms with Crippen molar-refractivity contribution in [3.05, 3.63) is 297 Å². The van der Waals surface area contributed by atoms with Crippen molar-refractivity contribution in [2.45, 2.75) is 55.4 Å². The minimum atomic E-state index is -4.73. The van der Waals surface area contributed by atoms with Gasteiger partial charge >= 0.3 is 6.97 Å². The normalized spacial score (nSPS) is 18.5. The van der Waals surface area contributed by atoms with Crippen molar-refractivity contribution in [1.82, 2.24) is 9.46 Å². The third kappa shape index (κ3) is 8.91. The summed E-state index contributed by atoms with van der Waals surface area (Å²) in [7, 11) is 0. The Labute approximate surface area is 490 Å². The zero-order chi connectivity index (χ0) is 57.0. The molecule has 8 bridgehead atoms. The minimum absolute atomic E-state index is 0.169. The summed E-state index contributed by atoms with van der Waals surface area (Å²) in [5.74, 6) is 0.368. The Morgan fingerprint density at radius 2 is 0.855 bits per heavy atom. The first-order valence-corrected chi connectivity index (χ1v) is 29.8. The fourth-order valence-corrected chi connectivity index (χ4v) is 14.3. The molecule has 404 valence electrons. The molecule has 10 heteroatoms. The van der Waals surface area contributed by atoms with Crippen molar-refractivity contribution in [1.29, 1.82) is 0 Å². The second kappa shape index (κ2) is 20.1. The number of hydrogen-bond acceptors (Lipinski definition) is 4. The maximum absolute atomic E-state index is 19.7. The summed E-state index contributed by atoms with van der Waals surface area (Å²) in [6.07, 6.45) is 6.08. The summed E-state index contributed by atoms with van der Waals surface area (Å²) >= 11 is 3.54. The molecule has 0 fully saturated rings. The summed E-state index contributed by atoms with van der Waals surface area (Å²) in [4.78, 5) is 19.9. The summed E-state index contributed by atoms with van der Waals surface area (Å²) < 4.78 is 41.8. The van der Waals surface area contributed by atoms with Crippen LogP contribution in [0.1, 0.15) is 94.6 Å². The number of allylic oxidation sites excluding steroid dienone is 5. The van der Waals surface area contributed by atoms with Crippen LogP contribution in [0.5, 0.6) is 0 Å². The molecule has 1 N–H and O–H groups in total. The van der Waals surface area contributed by atoms with Crippen molar-refractivity contribution in [2.75, 3.05) is 0 Å². The van der Waals surface area contributed by atoms with Crippen molar-refractivity contribution >= 4 is 86.2 Å². The van der Waals surface area contributed by atoms with Gasteiger partial charge in [-0.15, -0.1) is 22.7 Å². The highest BCUT2D eigenvalue weighted by Crippen LogP contribution is 2.52. The number of aromatic nitrogens is 2. The lowest BCUT2D eigenvalue weighted by molar-refractivity contribution is -0.291.